The molecule has 4 rings (SSSR count). The van der Waals surface area contributed by atoms with Gasteiger partial charge in [-0.15, -0.1) is 0 Å². The fourth-order valence-electron chi connectivity index (χ4n) is 3.33. The number of sulfonamides is 1. The third-order valence-electron chi connectivity index (χ3n) is 4.94. The van der Waals surface area contributed by atoms with E-state index in [-0.39, 0.29) is 29.4 Å². The lowest BCUT2D eigenvalue weighted by atomic mass is 10.0. The number of nitrogens with one attached hydrogen (secondary N) is 1. The standard InChI is InChI=1S/C21H20FN5O2S/c1-24-15-8-9-27(13-15)30(28,29)20-5-3-2-4-16(20)14-6-7-17(18(22)10-14)19-11-26-21(23)12-25-19/h2-8,10-12,24H,9,13H2,1H3,(H2,23,26). The van der Waals surface area contributed by atoms with Crippen LogP contribution in [-0.2, 0) is 10.0 Å². The minimum absolute atomic E-state index is 0.134. The molecule has 0 spiro atoms. The lowest BCUT2D eigenvalue weighted by Gasteiger charge is -2.19. The van der Waals surface area contributed by atoms with Crippen LogP contribution in [0.1, 0.15) is 0 Å². The van der Waals surface area contributed by atoms with Gasteiger partial charge in [0.05, 0.1) is 29.5 Å². The quantitative estimate of drug-likeness (QED) is 0.652. The average Bonchev–Trinajstić information content (AvgIpc) is 3.25. The van der Waals surface area contributed by atoms with Crippen LogP contribution in [0.4, 0.5) is 10.2 Å². The van der Waals surface area contributed by atoms with Crippen molar-refractivity contribution in [3.63, 3.8) is 0 Å². The van der Waals surface area contributed by atoms with Gasteiger partial charge in [0.2, 0.25) is 10.0 Å². The zero-order valence-electron chi connectivity index (χ0n) is 16.2. The third kappa shape index (κ3) is 3.64. The summed E-state index contributed by atoms with van der Waals surface area (Å²) < 4.78 is 42.7. The zero-order valence-corrected chi connectivity index (χ0v) is 17.0. The van der Waals surface area contributed by atoms with E-state index in [1.165, 1.54) is 22.8 Å². The molecule has 0 radical (unpaired) electrons. The Morgan fingerprint density at radius 2 is 1.90 bits per heavy atom. The van der Waals surface area contributed by atoms with Gasteiger partial charge in [-0.3, -0.25) is 4.98 Å². The van der Waals surface area contributed by atoms with Crippen LogP contribution in [0.25, 0.3) is 22.4 Å². The number of nitrogens with zero attached hydrogens (tertiary/aromatic N) is 3. The van der Waals surface area contributed by atoms with Crippen LogP contribution >= 0.6 is 0 Å². The average molecular weight is 425 g/mol. The smallest absolute Gasteiger partial charge is 0.244 e. The minimum Gasteiger partial charge on any atom is -0.391 e. The van der Waals surface area contributed by atoms with E-state index in [1.54, 1.807) is 43.4 Å². The number of aromatic nitrogens is 2. The topological polar surface area (TPSA) is 101 Å². The van der Waals surface area contributed by atoms with E-state index in [1.807, 2.05) is 6.08 Å². The summed E-state index contributed by atoms with van der Waals surface area (Å²) in [5, 5.41) is 2.98. The first-order chi connectivity index (χ1) is 14.4. The third-order valence-corrected chi connectivity index (χ3v) is 6.81. The summed E-state index contributed by atoms with van der Waals surface area (Å²) in [5.74, 6) is -0.285. The van der Waals surface area contributed by atoms with E-state index in [0.29, 0.717) is 16.8 Å². The van der Waals surface area contributed by atoms with Crippen molar-refractivity contribution in [1.82, 2.24) is 19.6 Å². The Balaban J connectivity index is 1.72. The molecule has 0 saturated heterocycles. The van der Waals surface area contributed by atoms with Crippen molar-refractivity contribution < 1.29 is 12.8 Å². The van der Waals surface area contributed by atoms with Crippen LogP contribution < -0.4 is 11.1 Å². The van der Waals surface area contributed by atoms with Crippen LogP contribution in [0.15, 0.2) is 71.5 Å². The molecule has 2 aromatic carbocycles. The highest BCUT2D eigenvalue weighted by Crippen LogP contribution is 2.33. The first kappa shape index (κ1) is 20.0. The van der Waals surface area contributed by atoms with Gasteiger partial charge >= 0.3 is 0 Å². The summed E-state index contributed by atoms with van der Waals surface area (Å²) >= 11 is 0. The fourth-order valence-corrected chi connectivity index (χ4v) is 4.90. The van der Waals surface area contributed by atoms with Crippen molar-refractivity contribution in [2.45, 2.75) is 4.90 Å². The number of hydrogen-bond donors (Lipinski definition) is 2. The first-order valence-electron chi connectivity index (χ1n) is 9.24. The molecule has 0 bridgehead atoms. The fraction of sp³-hybridized carbons (Fsp3) is 0.143. The van der Waals surface area contributed by atoms with Gasteiger partial charge in [-0.2, -0.15) is 4.31 Å². The molecule has 154 valence electrons. The summed E-state index contributed by atoms with van der Waals surface area (Å²) in [6, 6.07) is 11.1. The highest BCUT2D eigenvalue weighted by atomic mass is 32.2. The van der Waals surface area contributed by atoms with E-state index in [9.17, 15) is 12.8 Å². The van der Waals surface area contributed by atoms with Gasteiger partial charge in [0.1, 0.15) is 11.6 Å². The lowest BCUT2D eigenvalue weighted by Crippen LogP contribution is -2.30. The molecule has 0 amide bonds. The predicted molar refractivity (Wildman–Crippen MR) is 113 cm³/mol. The Kier molecular flexibility index (Phi) is 5.23. The second-order valence-electron chi connectivity index (χ2n) is 6.79. The van der Waals surface area contributed by atoms with Gasteiger partial charge in [-0.1, -0.05) is 24.3 Å². The number of nitrogens with two attached hydrogens (primary N) is 1. The highest BCUT2D eigenvalue weighted by molar-refractivity contribution is 7.89. The number of benzene rings is 2. The molecule has 30 heavy (non-hydrogen) atoms. The van der Waals surface area contributed by atoms with Gasteiger partial charge in [0, 0.05) is 30.4 Å². The minimum atomic E-state index is -3.76. The van der Waals surface area contributed by atoms with Crippen molar-refractivity contribution in [1.29, 1.82) is 0 Å². The molecule has 3 N–H and O–H groups in total. The zero-order chi connectivity index (χ0) is 21.3. The molecule has 0 atom stereocenters. The predicted octanol–water partition coefficient (Wildman–Crippen LogP) is 2.64. The molecule has 3 aromatic rings. The summed E-state index contributed by atoms with van der Waals surface area (Å²) in [6.07, 6.45) is 4.59. The van der Waals surface area contributed by atoms with E-state index < -0.39 is 15.8 Å². The van der Waals surface area contributed by atoms with Crippen molar-refractivity contribution in [2.75, 3.05) is 25.9 Å². The van der Waals surface area contributed by atoms with Crippen LogP contribution in [0.3, 0.4) is 0 Å². The van der Waals surface area contributed by atoms with E-state index in [2.05, 4.69) is 15.3 Å². The molecule has 9 heteroatoms. The van der Waals surface area contributed by atoms with Crippen molar-refractivity contribution in [3.05, 3.63) is 72.4 Å². The maximum Gasteiger partial charge on any atom is 0.244 e. The molecule has 0 aliphatic carbocycles. The molecule has 1 aliphatic heterocycles. The van der Waals surface area contributed by atoms with Gasteiger partial charge in [0.15, 0.2) is 0 Å². The number of hydrogen-bond acceptors (Lipinski definition) is 6. The Morgan fingerprint density at radius 1 is 1.10 bits per heavy atom. The Morgan fingerprint density at radius 3 is 2.57 bits per heavy atom. The number of likely N-dealkylation sites (N-methyl/N-ethyl adjacent to an activating group) is 1. The Bertz CT molecular complexity index is 1230. The second-order valence-corrected chi connectivity index (χ2v) is 8.70. The monoisotopic (exact) mass is 425 g/mol. The molecule has 2 heterocycles. The number of nitrogen functional groups attached to an aromatic ring is 1. The molecular formula is C21H20FN5O2S. The van der Waals surface area contributed by atoms with Crippen LogP contribution in [-0.4, -0.2) is 42.8 Å². The van der Waals surface area contributed by atoms with Gasteiger partial charge in [0.25, 0.3) is 0 Å². The Hall–Kier alpha value is -3.30. The second kappa shape index (κ2) is 7.85. The molecule has 0 saturated carbocycles. The molecule has 0 fully saturated rings. The highest BCUT2D eigenvalue weighted by Gasteiger charge is 2.30. The summed E-state index contributed by atoms with van der Waals surface area (Å²) in [5.41, 5.74) is 7.87. The Labute approximate surface area is 174 Å². The maximum absolute atomic E-state index is 14.9. The van der Waals surface area contributed by atoms with Crippen LogP contribution in [0.5, 0.6) is 0 Å². The van der Waals surface area contributed by atoms with Crippen molar-refractivity contribution >= 4 is 15.8 Å². The lowest BCUT2D eigenvalue weighted by molar-refractivity contribution is 0.481. The largest absolute Gasteiger partial charge is 0.391 e. The summed E-state index contributed by atoms with van der Waals surface area (Å²) in [6.45, 7) is 0.562. The summed E-state index contributed by atoms with van der Waals surface area (Å²) in [4.78, 5) is 8.16. The molecular weight excluding hydrogens is 405 g/mol. The number of anilines is 1. The van der Waals surface area contributed by atoms with Crippen LogP contribution in [0.2, 0.25) is 0 Å². The van der Waals surface area contributed by atoms with Gasteiger partial charge < -0.3 is 11.1 Å². The number of halogens is 1. The first-order valence-corrected chi connectivity index (χ1v) is 10.7. The summed E-state index contributed by atoms with van der Waals surface area (Å²) in [7, 11) is -2.00. The van der Waals surface area contributed by atoms with E-state index in [4.69, 9.17) is 5.73 Å². The van der Waals surface area contributed by atoms with E-state index >= 15 is 0 Å². The van der Waals surface area contributed by atoms with Crippen LogP contribution in [0, 0.1) is 5.82 Å². The molecule has 7 nitrogen and oxygen atoms in total. The van der Waals surface area contributed by atoms with Gasteiger partial charge in [-0.05, 0) is 29.8 Å². The molecule has 1 aromatic heterocycles. The van der Waals surface area contributed by atoms with E-state index in [0.717, 1.165) is 5.70 Å². The number of rotatable bonds is 5. The maximum atomic E-state index is 14.9. The van der Waals surface area contributed by atoms with Gasteiger partial charge in [-0.25, -0.2) is 17.8 Å². The normalized spacial score (nSPS) is 14.5. The molecule has 1 aliphatic rings. The van der Waals surface area contributed by atoms with Crippen molar-refractivity contribution in [2.24, 2.45) is 0 Å². The van der Waals surface area contributed by atoms with Crippen molar-refractivity contribution in [3.8, 4) is 22.4 Å². The SMILES string of the molecule is CNC1=CCN(S(=O)(=O)c2ccccc2-c2ccc(-c3cnc(N)cn3)c(F)c2)C1. The molecule has 0 unspecified atom stereocenters.